The van der Waals surface area contributed by atoms with Gasteiger partial charge in [-0.1, -0.05) is 44.2 Å². The molecule has 2 atom stereocenters. The molecule has 19 heavy (non-hydrogen) atoms. The van der Waals surface area contributed by atoms with Gasteiger partial charge in [-0.15, -0.1) is 0 Å². The zero-order valence-electron chi connectivity index (χ0n) is 12.0. The van der Waals surface area contributed by atoms with Crippen LogP contribution in [0.15, 0.2) is 42.7 Å². The molecule has 0 fully saturated rings. The summed E-state index contributed by atoms with van der Waals surface area (Å²) in [5.74, 6) is 1.60. The van der Waals surface area contributed by atoms with E-state index in [1.807, 2.05) is 12.4 Å². The smallest absolute Gasteiger partial charge is 0.109 e. The minimum absolute atomic E-state index is 0.411. The van der Waals surface area contributed by atoms with E-state index in [2.05, 4.69) is 66.1 Å². The quantitative estimate of drug-likeness (QED) is 0.862. The lowest BCUT2D eigenvalue weighted by Gasteiger charge is -2.25. The van der Waals surface area contributed by atoms with Gasteiger partial charge < -0.3 is 9.88 Å². The van der Waals surface area contributed by atoms with Crippen LogP contribution in [-0.4, -0.2) is 22.1 Å². The Kier molecular flexibility index (Phi) is 4.74. The third kappa shape index (κ3) is 3.44. The zero-order chi connectivity index (χ0) is 13.7. The monoisotopic (exact) mass is 257 g/mol. The molecule has 0 spiro atoms. The molecule has 0 amide bonds. The standard InChI is InChI=1S/C16H23N3/c1-4-17-15(12-16-18-10-11-19(16)3)13(2)14-8-6-5-7-9-14/h5-11,13,15,17H,4,12H2,1-3H3. The highest BCUT2D eigenvalue weighted by Crippen LogP contribution is 2.21. The van der Waals surface area contributed by atoms with E-state index in [9.17, 15) is 0 Å². The van der Waals surface area contributed by atoms with Gasteiger partial charge in [0.25, 0.3) is 0 Å². The summed E-state index contributed by atoms with van der Waals surface area (Å²) >= 11 is 0. The average molecular weight is 257 g/mol. The third-order valence-corrected chi connectivity index (χ3v) is 3.72. The van der Waals surface area contributed by atoms with Gasteiger partial charge in [-0.3, -0.25) is 0 Å². The summed E-state index contributed by atoms with van der Waals surface area (Å²) in [6.45, 7) is 5.42. The van der Waals surface area contributed by atoms with Crippen molar-refractivity contribution < 1.29 is 0 Å². The maximum Gasteiger partial charge on any atom is 0.109 e. The Morgan fingerprint density at radius 3 is 2.58 bits per heavy atom. The van der Waals surface area contributed by atoms with Crippen molar-refractivity contribution in [2.45, 2.75) is 32.2 Å². The van der Waals surface area contributed by atoms with E-state index in [4.69, 9.17) is 0 Å². The van der Waals surface area contributed by atoms with Crippen LogP contribution in [0, 0.1) is 0 Å². The molecule has 0 bridgehead atoms. The predicted molar refractivity (Wildman–Crippen MR) is 79.2 cm³/mol. The van der Waals surface area contributed by atoms with E-state index in [1.165, 1.54) is 5.56 Å². The van der Waals surface area contributed by atoms with Gasteiger partial charge in [-0.25, -0.2) is 4.98 Å². The minimum atomic E-state index is 0.411. The van der Waals surface area contributed by atoms with Crippen LogP contribution in [0.4, 0.5) is 0 Å². The highest BCUT2D eigenvalue weighted by molar-refractivity contribution is 5.21. The van der Waals surface area contributed by atoms with Crippen molar-refractivity contribution in [3.05, 3.63) is 54.1 Å². The predicted octanol–water partition coefficient (Wildman–Crippen LogP) is 2.74. The largest absolute Gasteiger partial charge is 0.338 e. The second kappa shape index (κ2) is 6.53. The molecule has 1 aromatic heterocycles. The van der Waals surface area contributed by atoms with Crippen LogP contribution in [0.1, 0.15) is 31.2 Å². The first-order chi connectivity index (χ1) is 9.22. The summed E-state index contributed by atoms with van der Waals surface area (Å²) in [6, 6.07) is 11.1. The number of hydrogen-bond donors (Lipinski definition) is 1. The fourth-order valence-electron chi connectivity index (χ4n) is 2.47. The molecule has 1 heterocycles. The second-order valence-electron chi connectivity index (χ2n) is 5.02. The van der Waals surface area contributed by atoms with Crippen molar-refractivity contribution in [1.29, 1.82) is 0 Å². The molecule has 0 radical (unpaired) electrons. The number of aromatic nitrogens is 2. The normalized spacial score (nSPS) is 14.3. The van der Waals surface area contributed by atoms with Gasteiger partial charge in [0.2, 0.25) is 0 Å². The highest BCUT2D eigenvalue weighted by atomic mass is 15.0. The van der Waals surface area contributed by atoms with Crippen molar-refractivity contribution >= 4 is 0 Å². The fourth-order valence-corrected chi connectivity index (χ4v) is 2.47. The van der Waals surface area contributed by atoms with Crippen LogP contribution in [0.2, 0.25) is 0 Å². The number of likely N-dealkylation sites (N-methyl/N-ethyl adjacent to an activating group) is 1. The van der Waals surface area contributed by atoms with E-state index in [1.54, 1.807) is 0 Å². The van der Waals surface area contributed by atoms with Crippen molar-refractivity contribution in [3.8, 4) is 0 Å². The lowest BCUT2D eigenvalue weighted by Crippen LogP contribution is -2.36. The van der Waals surface area contributed by atoms with Crippen LogP contribution in [0.3, 0.4) is 0 Å². The molecule has 2 rings (SSSR count). The van der Waals surface area contributed by atoms with Crippen molar-refractivity contribution in [1.82, 2.24) is 14.9 Å². The Bertz CT molecular complexity index is 490. The molecule has 2 aromatic rings. The number of benzene rings is 1. The summed E-state index contributed by atoms with van der Waals surface area (Å²) in [5, 5.41) is 3.59. The first kappa shape index (κ1) is 13.8. The summed E-state index contributed by atoms with van der Waals surface area (Å²) < 4.78 is 2.10. The first-order valence-corrected chi connectivity index (χ1v) is 6.97. The Balaban J connectivity index is 2.13. The van der Waals surface area contributed by atoms with Crippen molar-refractivity contribution in [2.24, 2.45) is 7.05 Å². The minimum Gasteiger partial charge on any atom is -0.338 e. The Morgan fingerprint density at radius 2 is 2.00 bits per heavy atom. The SMILES string of the molecule is CCNC(Cc1nccn1C)C(C)c1ccccc1. The van der Waals surface area contributed by atoms with Crippen LogP contribution in [0.25, 0.3) is 0 Å². The van der Waals surface area contributed by atoms with Crippen LogP contribution in [0.5, 0.6) is 0 Å². The number of hydrogen-bond acceptors (Lipinski definition) is 2. The van der Waals surface area contributed by atoms with E-state index in [0.717, 1.165) is 18.8 Å². The number of imidazole rings is 1. The maximum atomic E-state index is 4.44. The van der Waals surface area contributed by atoms with Crippen molar-refractivity contribution in [3.63, 3.8) is 0 Å². The lowest BCUT2D eigenvalue weighted by atomic mass is 9.91. The lowest BCUT2D eigenvalue weighted by molar-refractivity contribution is 0.446. The van der Waals surface area contributed by atoms with E-state index in [0.29, 0.717) is 12.0 Å². The van der Waals surface area contributed by atoms with Gasteiger partial charge in [0.15, 0.2) is 0 Å². The molecule has 1 N–H and O–H groups in total. The third-order valence-electron chi connectivity index (χ3n) is 3.72. The molecule has 102 valence electrons. The van der Waals surface area contributed by atoms with Crippen LogP contribution < -0.4 is 5.32 Å². The Labute approximate surface area is 115 Å². The molecule has 0 saturated heterocycles. The van der Waals surface area contributed by atoms with Gasteiger partial charge in [-0.2, -0.15) is 0 Å². The van der Waals surface area contributed by atoms with E-state index < -0.39 is 0 Å². The molecular formula is C16H23N3. The Morgan fingerprint density at radius 1 is 1.26 bits per heavy atom. The molecule has 0 aliphatic heterocycles. The summed E-state index contributed by atoms with van der Waals surface area (Å²) in [5.41, 5.74) is 1.38. The number of nitrogens with zero attached hydrogens (tertiary/aromatic N) is 2. The molecule has 0 aliphatic rings. The number of rotatable bonds is 6. The molecule has 3 nitrogen and oxygen atoms in total. The molecule has 0 saturated carbocycles. The average Bonchev–Trinajstić information content (AvgIpc) is 2.84. The zero-order valence-corrected chi connectivity index (χ0v) is 12.0. The van der Waals surface area contributed by atoms with E-state index >= 15 is 0 Å². The highest BCUT2D eigenvalue weighted by Gasteiger charge is 2.19. The second-order valence-corrected chi connectivity index (χ2v) is 5.02. The van der Waals surface area contributed by atoms with Gasteiger partial charge in [0.05, 0.1) is 0 Å². The summed E-state index contributed by atoms with van der Waals surface area (Å²) in [7, 11) is 2.05. The van der Waals surface area contributed by atoms with Gasteiger partial charge in [-0.05, 0) is 18.0 Å². The maximum absolute atomic E-state index is 4.44. The van der Waals surface area contributed by atoms with E-state index in [-0.39, 0.29) is 0 Å². The first-order valence-electron chi connectivity index (χ1n) is 6.97. The Hall–Kier alpha value is -1.61. The fraction of sp³-hybridized carbons (Fsp3) is 0.438. The van der Waals surface area contributed by atoms with Gasteiger partial charge >= 0.3 is 0 Å². The number of nitrogens with one attached hydrogen (secondary N) is 1. The number of aryl methyl sites for hydroxylation is 1. The van der Waals surface area contributed by atoms with Gasteiger partial charge in [0.1, 0.15) is 5.82 Å². The molecule has 0 aliphatic carbocycles. The van der Waals surface area contributed by atoms with Gasteiger partial charge in [0, 0.05) is 31.9 Å². The molecular weight excluding hydrogens is 234 g/mol. The molecule has 2 unspecified atom stereocenters. The topological polar surface area (TPSA) is 29.9 Å². The summed E-state index contributed by atoms with van der Waals surface area (Å²) in [6.07, 6.45) is 4.82. The molecule has 3 heteroatoms. The van der Waals surface area contributed by atoms with Crippen LogP contribution in [-0.2, 0) is 13.5 Å². The van der Waals surface area contributed by atoms with Crippen LogP contribution >= 0.6 is 0 Å². The molecule has 1 aromatic carbocycles. The summed E-state index contributed by atoms with van der Waals surface area (Å²) in [4.78, 5) is 4.44. The van der Waals surface area contributed by atoms with Crippen molar-refractivity contribution in [2.75, 3.05) is 6.54 Å².